The molecule has 1 amide bonds. The summed E-state index contributed by atoms with van der Waals surface area (Å²) in [6.45, 7) is 6.41. The van der Waals surface area contributed by atoms with E-state index in [4.69, 9.17) is 5.73 Å². The van der Waals surface area contributed by atoms with E-state index in [1.807, 2.05) is 20.8 Å². The number of carbonyl (C=O) groups is 1. The van der Waals surface area contributed by atoms with Crippen LogP contribution in [0.5, 0.6) is 0 Å². The van der Waals surface area contributed by atoms with Gasteiger partial charge in [-0.1, -0.05) is 13.8 Å². The van der Waals surface area contributed by atoms with Gasteiger partial charge in [0.25, 0.3) is 5.91 Å². The van der Waals surface area contributed by atoms with Crippen LogP contribution >= 0.6 is 11.3 Å². The Labute approximate surface area is 93.9 Å². The number of aryl methyl sites for hydroxylation is 1. The number of nitrogens with zero attached hydrogens (tertiary/aromatic N) is 1. The monoisotopic (exact) mass is 227 g/mol. The Bertz CT molecular complexity index is 335. The van der Waals surface area contributed by atoms with Gasteiger partial charge >= 0.3 is 0 Å². The van der Waals surface area contributed by atoms with E-state index in [0.717, 1.165) is 5.69 Å². The molecule has 1 aromatic rings. The Morgan fingerprint density at radius 3 is 2.80 bits per heavy atom. The zero-order valence-electron chi connectivity index (χ0n) is 9.28. The molecule has 1 unspecified atom stereocenters. The van der Waals surface area contributed by atoms with Gasteiger partial charge in [0, 0.05) is 12.6 Å². The number of nitrogens with one attached hydrogen (secondary N) is 1. The fourth-order valence-electron chi connectivity index (χ4n) is 1.05. The van der Waals surface area contributed by atoms with Crippen LogP contribution < -0.4 is 11.1 Å². The standard InChI is InChI=1S/C10H17N3OS/c1-6(2)8(11)4-12-10(14)9-7(3)13-5-15-9/h5-6,8H,4,11H2,1-3H3,(H,12,14). The number of hydrogen-bond donors (Lipinski definition) is 2. The maximum atomic E-state index is 11.7. The summed E-state index contributed by atoms with van der Waals surface area (Å²) < 4.78 is 0. The van der Waals surface area contributed by atoms with E-state index < -0.39 is 0 Å². The van der Waals surface area contributed by atoms with E-state index >= 15 is 0 Å². The second kappa shape index (κ2) is 5.23. The van der Waals surface area contributed by atoms with Crippen molar-refractivity contribution in [3.8, 4) is 0 Å². The molecule has 1 rings (SSSR count). The molecule has 0 aliphatic rings. The lowest BCUT2D eigenvalue weighted by atomic mass is 10.1. The van der Waals surface area contributed by atoms with Crippen molar-refractivity contribution >= 4 is 17.2 Å². The molecule has 0 saturated heterocycles. The number of thiazole rings is 1. The van der Waals surface area contributed by atoms with Crippen molar-refractivity contribution in [3.05, 3.63) is 16.1 Å². The summed E-state index contributed by atoms with van der Waals surface area (Å²) in [4.78, 5) is 16.4. The van der Waals surface area contributed by atoms with Crippen LogP contribution in [0.2, 0.25) is 0 Å². The molecule has 4 nitrogen and oxygen atoms in total. The third kappa shape index (κ3) is 3.28. The number of amides is 1. The molecule has 0 aliphatic carbocycles. The molecule has 1 aromatic heterocycles. The Kier molecular flexibility index (Phi) is 4.23. The number of nitrogens with two attached hydrogens (primary N) is 1. The minimum atomic E-state index is -0.0777. The SMILES string of the molecule is Cc1ncsc1C(=O)NCC(N)C(C)C. The molecule has 84 valence electrons. The van der Waals surface area contributed by atoms with Crippen molar-refractivity contribution in [2.45, 2.75) is 26.8 Å². The van der Waals surface area contributed by atoms with Crippen molar-refractivity contribution in [3.63, 3.8) is 0 Å². The number of rotatable bonds is 4. The predicted octanol–water partition coefficient (Wildman–Crippen LogP) is 1.16. The molecule has 5 heteroatoms. The van der Waals surface area contributed by atoms with E-state index in [9.17, 15) is 4.79 Å². The molecule has 0 aromatic carbocycles. The third-order valence-electron chi connectivity index (χ3n) is 2.31. The number of carbonyl (C=O) groups excluding carboxylic acids is 1. The van der Waals surface area contributed by atoms with Gasteiger partial charge in [-0.2, -0.15) is 0 Å². The van der Waals surface area contributed by atoms with Gasteiger partial charge in [-0.15, -0.1) is 11.3 Å². The lowest BCUT2D eigenvalue weighted by Gasteiger charge is -2.15. The number of hydrogen-bond acceptors (Lipinski definition) is 4. The smallest absolute Gasteiger partial charge is 0.263 e. The molecule has 0 spiro atoms. The molecule has 3 N–H and O–H groups in total. The van der Waals surface area contributed by atoms with E-state index in [1.165, 1.54) is 11.3 Å². The topological polar surface area (TPSA) is 68.0 Å². The highest BCUT2D eigenvalue weighted by Gasteiger charge is 2.13. The largest absolute Gasteiger partial charge is 0.350 e. The summed E-state index contributed by atoms with van der Waals surface area (Å²) in [5, 5.41) is 2.81. The highest BCUT2D eigenvalue weighted by Crippen LogP contribution is 2.11. The van der Waals surface area contributed by atoms with Crippen molar-refractivity contribution in [1.82, 2.24) is 10.3 Å². The molecule has 0 bridgehead atoms. The highest BCUT2D eigenvalue weighted by atomic mass is 32.1. The van der Waals surface area contributed by atoms with Crippen LogP contribution in [-0.4, -0.2) is 23.5 Å². The average Bonchev–Trinajstić information content (AvgIpc) is 2.60. The molecule has 0 saturated carbocycles. The van der Waals surface area contributed by atoms with Crippen molar-refractivity contribution < 1.29 is 4.79 Å². The van der Waals surface area contributed by atoms with E-state index in [0.29, 0.717) is 17.3 Å². The molecule has 0 fully saturated rings. The minimum Gasteiger partial charge on any atom is -0.350 e. The van der Waals surface area contributed by atoms with E-state index in [2.05, 4.69) is 10.3 Å². The van der Waals surface area contributed by atoms with Crippen LogP contribution in [0, 0.1) is 12.8 Å². The first-order valence-corrected chi connectivity index (χ1v) is 5.84. The van der Waals surface area contributed by atoms with Gasteiger partial charge in [-0.25, -0.2) is 4.98 Å². The second-order valence-electron chi connectivity index (χ2n) is 3.88. The molecular weight excluding hydrogens is 210 g/mol. The summed E-state index contributed by atoms with van der Waals surface area (Å²) in [5.41, 5.74) is 8.28. The van der Waals surface area contributed by atoms with E-state index in [1.54, 1.807) is 5.51 Å². The predicted molar refractivity (Wildman–Crippen MR) is 62.0 cm³/mol. The van der Waals surface area contributed by atoms with Gasteiger partial charge < -0.3 is 11.1 Å². The van der Waals surface area contributed by atoms with Crippen LogP contribution in [0.15, 0.2) is 5.51 Å². The fraction of sp³-hybridized carbons (Fsp3) is 0.600. The van der Waals surface area contributed by atoms with Gasteiger partial charge in [-0.3, -0.25) is 4.79 Å². The zero-order valence-corrected chi connectivity index (χ0v) is 10.1. The molecule has 1 atom stereocenters. The minimum absolute atomic E-state index is 0.00202. The quantitative estimate of drug-likeness (QED) is 0.811. The Morgan fingerprint density at radius 2 is 2.33 bits per heavy atom. The van der Waals surface area contributed by atoms with Crippen LogP contribution in [0.4, 0.5) is 0 Å². The summed E-state index contributed by atoms with van der Waals surface area (Å²) >= 11 is 1.35. The summed E-state index contributed by atoms with van der Waals surface area (Å²) in [6.07, 6.45) is 0. The highest BCUT2D eigenvalue weighted by molar-refractivity contribution is 7.11. The zero-order chi connectivity index (χ0) is 11.4. The second-order valence-corrected chi connectivity index (χ2v) is 4.74. The third-order valence-corrected chi connectivity index (χ3v) is 3.23. The maximum Gasteiger partial charge on any atom is 0.263 e. The summed E-state index contributed by atoms with van der Waals surface area (Å²) in [6, 6.07) is 0.00202. The Balaban J connectivity index is 2.47. The first kappa shape index (κ1) is 12.1. The first-order valence-electron chi connectivity index (χ1n) is 4.96. The molecule has 0 radical (unpaired) electrons. The summed E-state index contributed by atoms with van der Waals surface area (Å²) in [7, 11) is 0. The summed E-state index contributed by atoms with van der Waals surface area (Å²) in [5.74, 6) is 0.291. The first-order chi connectivity index (χ1) is 7.02. The van der Waals surface area contributed by atoms with Crippen molar-refractivity contribution in [1.29, 1.82) is 0 Å². The van der Waals surface area contributed by atoms with Crippen LogP contribution in [0.3, 0.4) is 0 Å². The number of aromatic nitrogens is 1. The Hall–Kier alpha value is -0.940. The van der Waals surface area contributed by atoms with Gasteiger partial charge in [0.05, 0.1) is 11.2 Å². The maximum absolute atomic E-state index is 11.7. The van der Waals surface area contributed by atoms with Crippen LogP contribution in [0.25, 0.3) is 0 Å². The van der Waals surface area contributed by atoms with Crippen molar-refractivity contribution in [2.24, 2.45) is 11.7 Å². The van der Waals surface area contributed by atoms with Gasteiger partial charge in [0.2, 0.25) is 0 Å². The molecular formula is C10H17N3OS. The van der Waals surface area contributed by atoms with Crippen molar-refractivity contribution in [2.75, 3.05) is 6.54 Å². The normalized spacial score (nSPS) is 12.9. The lowest BCUT2D eigenvalue weighted by Crippen LogP contribution is -2.40. The average molecular weight is 227 g/mol. The molecule has 0 aliphatic heterocycles. The van der Waals surface area contributed by atoms with Gasteiger partial charge in [0.15, 0.2) is 0 Å². The van der Waals surface area contributed by atoms with Crippen LogP contribution in [0.1, 0.15) is 29.2 Å². The van der Waals surface area contributed by atoms with Gasteiger partial charge in [-0.05, 0) is 12.8 Å². The van der Waals surface area contributed by atoms with Crippen LogP contribution in [-0.2, 0) is 0 Å². The fourth-order valence-corrected chi connectivity index (χ4v) is 1.77. The molecule has 15 heavy (non-hydrogen) atoms. The lowest BCUT2D eigenvalue weighted by molar-refractivity contribution is 0.0952. The van der Waals surface area contributed by atoms with E-state index in [-0.39, 0.29) is 11.9 Å². The van der Waals surface area contributed by atoms with Gasteiger partial charge in [0.1, 0.15) is 4.88 Å². The Morgan fingerprint density at radius 1 is 1.67 bits per heavy atom. The molecule has 1 heterocycles.